The summed E-state index contributed by atoms with van der Waals surface area (Å²) in [6.07, 6.45) is 1.10. The van der Waals surface area contributed by atoms with Gasteiger partial charge in [-0.1, -0.05) is 19.1 Å². The van der Waals surface area contributed by atoms with E-state index in [4.69, 9.17) is 4.74 Å². The van der Waals surface area contributed by atoms with Gasteiger partial charge in [0.2, 0.25) is 0 Å². The molecule has 1 aromatic carbocycles. The number of rotatable bonds is 5. The lowest BCUT2D eigenvalue weighted by Gasteiger charge is -2.39. The highest BCUT2D eigenvalue weighted by Crippen LogP contribution is 2.48. The zero-order valence-corrected chi connectivity index (χ0v) is 16.6. The van der Waals surface area contributed by atoms with Crippen molar-refractivity contribution in [3.05, 3.63) is 29.3 Å². The molecule has 1 aliphatic carbocycles. The number of hydrogen-bond donors (Lipinski definition) is 1. The lowest BCUT2D eigenvalue weighted by atomic mass is 9.68. The van der Waals surface area contributed by atoms with Crippen LogP contribution in [0.15, 0.2) is 18.2 Å². The minimum atomic E-state index is -4.34. The molecule has 1 saturated carbocycles. The number of para-hydroxylation sites is 1. The van der Waals surface area contributed by atoms with Crippen molar-refractivity contribution < 1.29 is 22.7 Å². The van der Waals surface area contributed by atoms with E-state index in [1.807, 2.05) is 19.9 Å². The van der Waals surface area contributed by atoms with Crippen molar-refractivity contribution in [2.45, 2.75) is 64.5 Å². The van der Waals surface area contributed by atoms with Gasteiger partial charge >= 0.3 is 12.1 Å². The van der Waals surface area contributed by atoms with Gasteiger partial charge < -0.3 is 10.1 Å². The molecule has 0 saturated heterocycles. The predicted octanol–water partition coefficient (Wildman–Crippen LogP) is 6.00. The number of benzene rings is 1. The fourth-order valence-electron chi connectivity index (χ4n) is 5.20. The van der Waals surface area contributed by atoms with Gasteiger partial charge in [-0.2, -0.15) is 13.2 Å². The summed E-state index contributed by atoms with van der Waals surface area (Å²) in [5.74, 6) is 0.693. The molecule has 0 amide bonds. The molecule has 1 aliphatic heterocycles. The SMILES string of the molecule is CCOC(=O)C(CC)C1CCC(C2CCNc3c2cccc3C(F)(F)F)CC1. The van der Waals surface area contributed by atoms with Crippen molar-refractivity contribution in [2.24, 2.45) is 17.8 Å². The Morgan fingerprint density at radius 2 is 1.89 bits per heavy atom. The first-order chi connectivity index (χ1) is 13.4. The number of nitrogens with one attached hydrogen (secondary N) is 1. The van der Waals surface area contributed by atoms with Crippen molar-refractivity contribution >= 4 is 11.7 Å². The number of esters is 1. The first-order valence-electron chi connectivity index (χ1n) is 10.5. The molecular weight excluding hydrogens is 367 g/mol. The zero-order chi connectivity index (χ0) is 20.3. The second kappa shape index (κ2) is 8.75. The van der Waals surface area contributed by atoms with Gasteiger partial charge in [0.1, 0.15) is 0 Å². The second-order valence-corrected chi connectivity index (χ2v) is 8.03. The largest absolute Gasteiger partial charge is 0.466 e. The highest BCUT2D eigenvalue weighted by atomic mass is 19.4. The third-order valence-electron chi connectivity index (χ3n) is 6.54. The standard InChI is InChI=1S/C22H30F3NO2/c1-3-16(21(27)28-4-2)14-8-10-15(11-9-14)17-12-13-26-20-18(17)6-5-7-19(20)22(23,24)25/h5-7,14-17,26H,3-4,8-13H2,1-2H3. The van der Waals surface area contributed by atoms with Crippen LogP contribution in [0.3, 0.4) is 0 Å². The van der Waals surface area contributed by atoms with Gasteiger partial charge in [-0.15, -0.1) is 0 Å². The van der Waals surface area contributed by atoms with Crippen LogP contribution < -0.4 is 5.32 Å². The van der Waals surface area contributed by atoms with Crippen LogP contribution in [0.5, 0.6) is 0 Å². The van der Waals surface area contributed by atoms with E-state index in [9.17, 15) is 18.0 Å². The van der Waals surface area contributed by atoms with Gasteiger partial charge in [0.15, 0.2) is 0 Å². The second-order valence-electron chi connectivity index (χ2n) is 8.03. The molecule has 2 atom stereocenters. The van der Waals surface area contributed by atoms with Gasteiger partial charge in [0.25, 0.3) is 0 Å². The molecule has 6 heteroatoms. The topological polar surface area (TPSA) is 38.3 Å². The Labute approximate surface area is 165 Å². The lowest BCUT2D eigenvalue weighted by Crippen LogP contribution is -2.32. The Morgan fingerprint density at radius 1 is 1.18 bits per heavy atom. The van der Waals surface area contributed by atoms with Gasteiger partial charge in [0.05, 0.1) is 18.1 Å². The monoisotopic (exact) mass is 397 g/mol. The smallest absolute Gasteiger partial charge is 0.418 e. The normalized spacial score (nSPS) is 26.1. The molecule has 1 heterocycles. The van der Waals surface area contributed by atoms with Crippen LogP contribution in [-0.4, -0.2) is 19.1 Å². The molecule has 1 aromatic rings. The number of carbonyl (C=O) groups excluding carboxylic acids is 1. The molecule has 2 aliphatic rings. The molecule has 3 rings (SSSR count). The van der Waals surface area contributed by atoms with Crippen LogP contribution in [0.25, 0.3) is 0 Å². The third-order valence-corrected chi connectivity index (χ3v) is 6.54. The average molecular weight is 397 g/mol. The maximum Gasteiger partial charge on any atom is 0.418 e. The number of hydrogen-bond acceptors (Lipinski definition) is 3. The van der Waals surface area contributed by atoms with Gasteiger partial charge in [-0.3, -0.25) is 4.79 Å². The summed E-state index contributed by atoms with van der Waals surface area (Å²) in [4.78, 5) is 12.2. The molecule has 0 radical (unpaired) electrons. The molecule has 3 nitrogen and oxygen atoms in total. The van der Waals surface area contributed by atoms with Gasteiger partial charge in [0, 0.05) is 12.2 Å². The molecule has 1 N–H and O–H groups in total. The van der Waals surface area contributed by atoms with E-state index in [1.165, 1.54) is 6.07 Å². The fraction of sp³-hybridized carbons (Fsp3) is 0.682. The van der Waals surface area contributed by atoms with Crippen LogP contribution >= 0.6 is 0 Å². The summed E-state index contributed by atoms with van der Waals surface area (Å²) in [6.45, 7) is 4.82. The maximum atomic E-state index is 13.4. The average Bonchev–Trinajstić information content (AvgIpc) is 2.68. The quantitative estimate of drug-likeness (QED) is 0.619. The summed E-state index contributed by atoms with van der Waals surface area (Å²) >= 11 is 0. The Bertz CT molecular complexity index is 681. The summed E-state index contributed by atoms with van der Waals surface area (Å²) < 4.78 is 45.4. The molecule has 2 unspecified atom stereocenters. The molecule has 156 valence electrons. The molecule has 1 fully saturated rings. The van der Waals surface area contributed by atoms with Crippen LogP contribution in [0.1, 0.15) is 69.4 Å². The van der Waals surface area contributed by atoms with E-state index in [1.54, 1.807) is 0 Å². The summed E-state index contributed by atoms with van der Waals surface area (Å²) in [7, 11) is 0. The summed E-state index contributed by atoms with van der Waals surface area (Å²) in [6, 6.07) is 4.54. The third kappa shape index (κ3) is 4.31. The molecule has 28 heavy (non-hydrogen) atoms. The van der Waals surface area contributed by atoms with Crippen molar-refractivity contribution in [2.75, 3.05) is 18.5 Å². The number of fused-ring (bicyclic) bond motifs is 1. The molecular formula is C22H30F3NO2. The molecule has 0 aromatic heterocycles. The summed E-state index contributed by atoms with van der Waals surface area (Å²) in [5, 5.41) is 2.99. The highest BCUT2D eigenvalue weighted by Gasteiger charge is 2.39. The minimum absolute atomic E-state index is 0.0574. The first-order valence-corrected chi connectivity index (χ1v) is 10.5. The van der Waals surface area contributed by atoms with Crippen molar-refractivity contribution in [1.29, 1.82) is 0 Å². The van der Waals surface area contributed by atoms with Crippen LogP contribution in [0.4, 0.5) is 18.9 Å². The minimum Gasteiger partial charge on any atom is -0.466 e. The number of ether oxygens (including phenoxy) is 1. The molecule has 0 bridgehead atoms. The number of alkyl halides is 3. The maximum absolute atomic E-state index is 13.4. The van der Waals surface area contributed by atoms with E-state index in [2.05, 4.69) is 5.32 Å². The Kier molecular flexibility index (Phi) is 6.56. The van der Waals surface area contributed by atoms with E-state index in [0.717, 1.165) is 50.2 Å². The van der Waals surface area contributed by atoms with E-state index >= 15 is 0 Å². The first kappa shape index (κ1) is 21.0. The highest BCUT2D eigenvalue weighted by molar-refractivity contribution is 5.72. The van der Waals surface area contributed by atoms with Crippen molar-refractivity contribution in [1.82, 2.24) is 0 Å². The fourth-order valence-corrected chi connectivity index (χ4v) is 5.20. The number of anilines is 1. The molecule has 0 spiro atoms. The van der Waals surface area contributed by atoms with Gasteiger partial charge in [-0.05, 0) is 74.8 Å². The van der Waals surface area contributed by atoms with Crippen molar-refractivity contribution in [3.8, 4) is 0 Å². The van der Waals surface area contributed by atoms with E-state index in [-0.39, 0.29) is 23.5 Å². The van der Waals surface area contributed by atoms with Crippen molar-refractivity contribution in [3.63, 3.8) is 0 Å². The Balaban J connectivity index is 1.72. The van der Waals surface area contributed by atoms with E-state index < -0.39 is 11.7 Å². The zero-order valence-electron chi connectivity index (χ0n) is 16.6. The van der Waals surface area contributed by atoms with E-state index in [0.29, 0.717) is 25.0 Å². The predicted molar refractivity (Wildman–Crippen MR) is 103 cm³/mol. The number of carbonyl (C=O) groups is 1. The van der Waals surface area contributed by atoms with Crippen LogP contribution in [0.2, 0.25) is 0 Å². The summed E-state index contributed by atoms with van der Waals surface area (Å²) in [5.41, 5.74) is 0.519. The Morgan fingerprint density at radius 3 is 2.50 bits per heavy atom. The van der Waals surface area contributed by atoms with Crippen LogP contribution in [-0.2, 0) is 15.7 Å². The van der Waals surface area contributed by atoms with Crippen LogP contribution in [0, 0.1) is 17.8 Å². The number of halogens is 3. The van der Waals surface area contributed by atoms with Gasteiger partial charge in [-0.25, -0.2) is 0 Å². The lowest BCUT2D eigenvalue weighted by molar-refractivity contribution is -0.150. The Hall–Kier alpha value is -1.72.